The minimum Gasteiger partial charge on any atom is -0.207 e. The van der Waals surface area contributed by atoms with E-state index in [0.29, 0.717) is 24.9 Å². The van der Waals surface area contributed by atoms with E-state index in [1.165, 1.54) is 10.4 Å². The van der Waals surface area contributed by atoms with Crippen LogP contribution >= 0.6 is 0 Å². The molecule has 0 N–H and O–H groups in total. The van der Waals surface area contributed by atoms with Crippen LogP contribution in [0.3, 0.4) is 0 Å². The second-order valence-electron chi connectivity index (χ2n) is 5.38. The molecule has 0 aromatic heterocycles. The van der Waals surface area contributed by atoms with Crippen molar-refractivity contribution in [2.75, 3.05) is 13.1 Å². The second kappa shape index (κ2) is 5.32. The summed E-state index contributed by atoms with van der Waals surface area (Å²) in [6.07, 6.45) is 1.05. The minimum atomic E-state index is -3.56. The van der Waals surface area contributed by atoms with E-state index in [9.17, 15) is 8.42 Å². The highest BCUT2D eigenvalue weighted by molar-refractivity contribution is 7.89. The maximum atomic E-state index is 12.6. The fraction of sp³-hybridized carbons (Fsp3) is 0.500. The first kappa shape index (κ1) is 14.0. The SMILES string of the molecule is C[C@@H]1C[C@@H](C)CN(S(=O)(=O)c2ccccc2C#N)C1. The smallest absolute Gasteiger partial charge is 0.207 e. The van der Waals surface area contributed by atoms with Gasteiger partial charge in [-0.2, -0.15) is 9.57 Å². The summed E-state index contributed by atoms with van der Waals surface area (Å²) in [6, 6.07) is 8.35. The van der Waals surface area contributed by atoms with Crippen molar-refractivity contribution in [1.82, 2.24) is 4.31 Å². The van der Waals surface area contributed by atoms with Crippen LogP contribution in [0.2, 0.25) is 0 Å². The van der Waals surface area contributed by atoms with Crippen molar-refractivity contribution >= 4 is 10.0 Å². The molecule has 0 amide bonds. The molecule has 1 aromatic rings. The van der Waals surface area contributed by atoms with Crippen LogP contribution in [0.5, 0.6) is 0 Å². The average molecular weight is 278 g/mol. The highest BCUT2D eigenvalue weighted by Gasteiger charge is 2.32. The molecule has 2 rings (SSSR count). The van der Waals surface area contributed by atoms with Crippen molar-refractivity contribution in [2.24, 2.45) is 11.8 Å². The van der Waals surface area contributed by atoms with Crippen LogP contribution in [-0.2, 0) is 10.0 Å². The summed E-state index contributed by atoms with van der Waals surface area (Å²) >= 11 is 0. The quantitative estimate of drug-likeness (QED) is 0.833. The molecule has 1 fully saturated rings. The van der Waals surface area contributed by atoms with E-state index in [1.807, 2.05) is 6.07 Å². The van der Waals surface area contributed by atoms with E-state index in [4.69, 9.17) is 5.26 Å². The first-order valence-electron chi connectivity index (χ1n) is 6.44. The molecule has 19 heavy (non-hydrogen) atoms. The van der Waals surface area contributed by atoms with E-state index >= 15 is 0 Å². The first-order chi connectivity index (χ1) is 8.95. The van der Waals surface area contributed by atoms with Gasteiger partial charge in [-0.15, -0.1) is 0 Å². The molecule has 0 saturated carbocycles. The van der Waals surface area contributed by atoms with Gasteiger partial charge in [-0.05, 0) is 30.4 Å². The molecule has 0 spiro atoms. The van der Waals surface area contributed by atoms with Gasteiger partial charge in [-0.3, -0.25) is 0 Å². The van der Waals surface area contributed by atoms with E-state index in [1.54, 1.807) is 18.2 Å². The summed E-state index contributed by atoms with van der Waals surface area (Å²) in [5.41, 5.74) is 0.216. The van der Waals surface area contributed by atoms with Crippen LogP contribution in [0, 0.1) is 23.2 Å². The van der Waals surface area contributed by atoms with Crippen molar-refractivity contribution in [2.45, 2.75) is 25.2 Å². The van der Waals surface area contributed by atoms with Gasteiger partial charge in [0.05, 0.1) is 10.5 Å². The Kier molecular flexibility index (Phi) is 3.93. The molecule has 1 aliphatic heterocycles. The van der Waals surface area contributed by atoms with Crippen LogP contribution in [0.15, 0.2) is 29.2 Å². The van der Waals surface area contributed by atoms with Gasteiger partial charge < -0.3 is 0 Å². The Hall–Kier alpha value is -1.38. The Bertz CT molecular complexity index is 594. The normalized spacial score (nSPS) is 24.9. The number of nitrogens with zero attached hydrogens (tertiary/aromatic N) is 2. The number of hydrogen-bond acceptors (Lipinski definition) is 3. The monoisotopic (exact) mass is 278 g/mol. The highest BCUT2D eigenvalue weighted by Crippen LogP contribution is 2.27. The Balaban J connectivity index is 2.40. The van der Waals surface area contributed by atoms with Crippen LogP contribution in [0.1, 0.15) is 25.8 Å². The van der Waals surface area contributed by atoms with E-state index in [0.717, 1.165) is 6.42 Å². The number of rotatable bonds is 2. The zero-order valence-electron chi connectivity index (χ0n) is 11.2. The summed E-state index contributed by atoms with van der Waals surface area (Å²) < 4.78 is 26.8. The van der Waals surface area contributed by atoms with Crippen LogP contribution in [0.25, 0.3) is 0 Å². The van der Waals surface area contributed by atoms with Crippen molar-refractivity contribution in [3.8, 4) is 6.07 Å². The van der Waals surface area contributed by atoms with Crippen molar-refractivity contribution in [3.63, 3.8) is 0 Å². The number of nitriles is 1. The summed E-state index contributed by atoms with van der Waals surface area (Å²) in [4.78, 5) is 0.124. The number of hydrogen-bond donors (Lipinski definition) is 0. The molecule has 4 nitrogen and oxygen atoms in total. The minimum absolute atomic E-state index is 0.124. The third-order valence-corrected chi connectivity index (χ3v) is 5.35. The Morgan fingerprint density at radius 3 is 2.37 bits per heavy atom. The number of benzene rings is 1. The molecule has 1 aromatic carbocycles. The van der Waals surface area contributed by atoms with Crippen molar-refractivity contribution in [3.05, 3.63) is 29.8 Å². The number of sulfonamides is 1. The highest BCUT2D eigenvalue weighted by atomic mass is 32.2. The molecule has 1 heterocycles. The molecule has 1 aliphatic rings. The fourth-order valence-electron chi connectivity index (χ4n) is 2.73. The first-order valence-corrected chi connectivity index (χ1v) is 7.88. The van der Waals surface area contributed by atoms with E-state index < -0.39 is 10.0 Å². The molecule has 5 heteroatoms. The van der Waals surface area contributed by atoms with E-state index in [-0.39, 0.29) is 10.5 Å². The third kappa shape index (κ3) is 2.80. The van der Waals surface area contributed by atoms with Gasteiger partial charge in [0, 0.05) is 13.1 Å². The van der Waals surface area contributed by atoms with Crippen LogP contribution in [0.4, 0.5) is 0 Å². The van der Waals surface area contributed by atoms with Gasteiger partial charge in [0.15, 0.2) is 0 Å². The molecule has 102 valence electrons. The molecule has 0 unspecified atom stereocenters. The molecule has 0 radical (unpaired) electrons. The molecule has 0 bridgehead atoms. The Labute approximate surface area is 114 Å². The van der Waals surface area contributed by atoms with Gasteiger partial charge in [0.2, 0.25) is 10.0 Å². The van der Waals surface area contributed by atoms with Gasteiger partial charge in [0.1, 0.15) is 6.07 Å². The zero-order chi connectivity index (χ0) is 14.0. The third-order valence-electron chi connectivity index (χ3n) is 3.46. The molecular weight excluding hydrogens is 260 g/mol. The van der Waals surface area contributed by atoms with Crippen molar-refractivity contribution < 1.29 is 8.42 Å². The van der Waals surface area contributed by atoms with Gasteiger partial charge in [-0.1, -0.05) is 26.0 Å². The molecule has 0 aliphatic carbocycles. The average Bonchev–Trinajstić information content (AvgIpc) is 2.37. The summed E-state index contributed by atoms with van der Waals surface area (Å²) in [5.74, 6) is 0.709. The largest absolute Gasteiger partial charge is 0.244 e. The van der Waals surface area contributed by atoms with Crippen molar-refractivity contribution in [1.29, 1.82) is 5.26 Å². The summed E-state index contributed by atoms with van der Waals surface area (Å²) in [5, 5.41) is 9.05. The molecule has 2 atom stereocenters. The number of piperidine rings is 1. The van der Waals surface area contributed by atoms with E-state index in [2.05, 4.69) is 13.8 Å². The Morgan fingerprint density at radius 1 is 1.21 bits per heavy atom. The zero-order valence-corrected chi connectivity index (χ0v) is 12.0. The second-order valence-corrected chi connectivity index (χ2v) is 7.28. The van der Waals surface area contributed by atoms with Gasteiger partial charge in [0.25, 0.3) is 0 Å². The standard InChI is InChI=1S/C14H18N2O2S/c1-11-7-12(2)10-16(9-11)19(17,18)14-6-4-3-5-13(14)8-15/h3-6,11-12H,7,9-10H2,1-2H3/t11-,12-/m1/s1. The maximum absolute atomic E-state index is 12.6. The maximum Gasteiger partial charge on any atom is 0.244 e. The topological polar surface area (TPSA) is 61.2 Å². The fourth-order valence-corrected chi connectivity index (χ4v) is 4.55. The molecule has 1 saturated heterocycles. The van der Waals surface area contributed by atoms with Gasteiger partial charge >= 0.3 is 0 Å². The lowest BCUT2D eigenvalue weighted by Crippen LogP contribution is -2.42. The summed E-state index contributed by atoms with van der Waals surface area (Å²) in [6.45, 7) is 5.20. The lowest BCUT2D eigenvalue weighted by Gasteiger charge is -2.34. The van der Waals surface area contributed by atoms with Crippen LogP contribution in [-0.4, -0.2) is 25.8 Å². The lowest BCUT2D eigenvalue weighted by atomic mass is 9.94. The van der Waals surface area contributed by atoms with Gasteiger partial charge in [-0.25, -0.2) is 8.42 Å². The predicted molar refractivity (Wildman–Crippen MR) is 72.9 cm³/mol. The lowest BCUT2D eigenvalue weighted by molar-refractivity contribution is 0.222. The summed E-state index contributed by atoms with van der Waals surface area (Å²) in [7, 11) is -3.56. The van der Waals surface area contributed by atoms with Crippen LogP contribution < -0.4 is 0 Å². The molecular formula is C14H18N2O2S. The predicted octanol–water partition coefficient (Wildman–Crippen LogP) is 2.22. The Morgan fingerprint density at radius 2 is 1.79 bits per heavy atom.